The topological polar surface area (TPSA) is 47.6 Å². The number of benzene rings is 1. The van der Waals surface area contributed by atoms with Crippen LogP contribution in [0.25, 0.3) is 0 Å². The van der Waals surface area contributed by atoms with Crippen LogP contribution in [-0.4, -0.2) is 20.0 Å². The molecule has 0 saturated heterocycles. The number of hydrogen-bond donors (Lipinski definition) is 1. The maximum absolute atomic E-state index is 11.0. The maximum Gasteiger partial charge on any atom is 0.413 e. The first kappa shape index (κ1) is 10.8. The van der Waals surface area contributed by atoms with Crippen LogP contribution in [0, 0.1) is 0 Å². The molecule has 0 spiro atoms. The first-order chi connectivity index (χ1) is 6.72. The van der Waals surface area contributed by atoms with Gasteiger partial charge in [-0.25, -0.2) is 4.79 Å². The zero-order valence-electron chi connectivity index (χ0n) is 7.62. The number of hydrogen-bond acceptors (Lipinski definition) is 3. The number of methoxy groups -OCH3 is 1. The molecule has 0 aliphatic carbocycles. The lowest BCUT2D eigenvalue weighted by Gasteiger charge is -2.05. The number of carbonyl (C=O) groups excluding carboxylic acids is 1. The minimum atomic E-state index is -0.561. The minimum absolute atomic E-state index is 0.0700. The Kier molecular flexibility index (Phi) is 4.22. The molecule has 0 atom stereocenters. The molecule has 0 saturated carbocycles. The molecule has 0 bridgehead atoms. The number of halogens is 1. The van der Waals surface area contributed by atoms with E-state index < -0.39 is 6.09 Å². The van der Waals surface area contributed by atoms with Crippen LogP contribution in [0.1, 0.15) is 0 Å². The second-order valence-corrected chi connectivity index (χ2v) is 2.91. The number of nitrogens with one attached hydrogen (secondary N) is 1. The van der Waals surface area contributed by atoms with E-state index in [0.717, 1.165) is 0 Å². The normalized spacial score (nSPS) is 9.57. The summed E-state index contributed by atoms with van der Waals surface area (Å²) in [4.78, 5) is 11.0. The summed E-state index contributed by atoms with van der Waals surface area (Å²) in [5, 5.41) is 3.12. The fraction of sp³-hybridized carbons (Fsp3) is 0.222. The third-order valence-electron chi connectivity index (χ3n) is 1.40. The van der Waals surface area contributed by atoms with Gasteiger partial charge in [0.05, 0.1) is 0 Å². The highest BCUT2D eigenvalue weighted by Gasteiger charge is 2.01. The summed E-state index contributed by atoms with van der Waals surface area (Å²) in [6.45, 7) is -0.0700. The van der Waals surface area contributed by atoms with Crippen LogP contribution in [0.15, 0.2) is 24.3 Å². The zero-order chi connectivity index (χ0) is 10.4. The van der Waals surface area contributed by atoms with Gasteiger partial charge in [0.25, 0.3) is 0 Å². The van der Waals surface area contributed by atoms with E-state index >= 15 is 0 Å². The Morgan fingerprint density at radius 1 is 1.43 bits per heavy atom. The smallest absolute Gasteiger partial charge is 0.413 e. The molecule has 0 aliphatic heterocycles. The Bertz CT molecular complexity index is 299. The molecule has 0 aromatic heterocycles. The monoisotopic (exact) mass is 215 g/mol. The third-order valence-corrected chi connectivity index (χ3v) is 1.65. The summed E-state index contributed by atoms with van der Waals surface area (Å²) < 4.78 is 9.19. The molecule has 0 heterocycles. The van der Waals surface area contributed by atoms with Crippen LogP contribution in [0.3, 0.4) is 0 Å². The molecule has 14 heavy (non-hydrogen) atoms. The summed E-state index contributed by atoms with van der Waals surface area (Å²) in [6.07, 6.45) is -0.561. The van der Waals surface area contributed by atoms with E-state index in [0.29, 0.717) is 10.7 Å². The van der Waals surface area contributed by atoms with Crippen molar-refractivity contribution in [2.24, 2.45) is 0 Å². The van der Waals surface area contributed by atoms with Crippen molar-refractivity contribution in [3.8, 4) is 0 Å². The van der Waals surface area contributed by atoms with Gasteiger partial charge in [0.1, 0.15) is 0 Å². The molecular formula is C9H10ClNO3. The highest BCUT2D eigenvalue weighted by atomic mass is 35.5. The predicted molar refractivity (Wildman–Crippen MR) is 53.4 cm³/mol. The van der Waals surface area contributed by atoms with E-state index in [2.05, 4.69) is 14.8 Å². The van der Waals surface area contributed by atoms with E-state index in [9.17, 15) is 4.79 Å². The molecule has 0 aliphatic rings. The van der Waals surface area contributed by atoms with Crippen molar-refractivity contribution in [1.82, 2.24) is 0 Å². The van der Waals surface area contributed by atoms with Crippen LogP contribution < -0.4 is 5.32 Å². The van der Waals surface area contributed by atoms with Crippen LogP contribution >= 0.6 is 11.6 Å². The van der Waals surface area contributed by atoms with Gasteiger partial charge >= 0.3 is 6.09 Å². The molecule has 1 amide bonds. The largest absolute Gasteiger partial charge is 0.422 e. The van der Waals surface area contributed by atoms with Crippen molar-refractivity contribution >= 4 is 23.4 Å². The molecule has 5 heteroatoms. The second kappa shape index (κ2) is 5.47. The molecule has 0 radical (unpaired) electrons. The van der Waals surface area contributed by atoms with E-state index in [1.165, 1.54) is 7.11 Å². The summed E-state index contributed by atoms with van der Waals surface area (Å²) >= 11 is 5.67. The van der Waals surface area contributed by atoms with Crippen molar-refractivity contribution < 1.29 is 14.3 Å². The van der Waals surface area contributed by atoms with E-state index in [1.807, 2.05) is 0 Å². The summed E-state index contributed by atoms with van der Waals surface area (Å²) in [7, 11) is 1.44. The van der Waals surface area contributed by atoms with Crippen molar-refractivity contribution in [2.45, 2.75) is 0 Å². The van der Waals surface area contributed by atoms with E-state index in [-0.39, 0.29) is 6.79 Å². The Labute approximate surface area is 86.8 Å². The van der Waals surface area contributed by atoms with Crippen LogP contribution in [0.2, 0.25) is 5.02 Å². The van der Waals surface area contributed by atoms with Crippen LogP contribution in [-0.2, 0) is 9.47 Å². The molecule has 1 aromatic carbocycles. The van der Waals surface area contributed by atoms with E-state index in [1.54, 1.807) is 24.3 Å². The lowest BCUT2D eigenvalue weighted by molar-refractivity contribution is 0.0183. The summed E-state index contributed by atoms with van der Waals surface area (Å²) in [5.74, 6) is 0. The molecule has 0 unspecified atom stereocenters. The summed E-state index contributed by atoms with van der Waals surface area (Å²) in [6, 6.07) is 6.70. The maximum atomic E-state index is 11.0. The van der Waals surface area contributed by atoms with E-state index in [4.69, 9.17) is 11.6 Å². The third kappa shape index (κ3) is 3.64. The van der Waals surface area contributed by atoms with Crippen LogP contribution in [0.4, 0.5) is 10.5 Å². The van der Waals surface area contributed by atoms with Gasteiger partial charge < -0.3 is 9.47 Å². The number of amides is 1. The van der Waals surface area contributed by atoms with Gasteiger partial charge in [0, 0.05) is 17.8 Å². The molecule has 1 rings (SSSR count). The quantitative estimate of drug-likeness (QED) is 0.788. The van der Waals surface area contributed by atoms with Gasteiger partial charge in [-0.2, -0.15) is 0 Å². The van der Waals surface area contributed by atoms with Crippen molar-refractivity contribution in [2.75, 3.05) is 19.2 Å². The Hall–Kier alpha value is -1.26. The Morgan fingerprint density at radius 2 is 2.07 bits per heavy atom. The highest BCUT2D eigenvalue weighted by molar-refractivity contribution is 6.30. The molecule has 1 N–H and O–H groups in total. The van der Waals surface area contributed by atoms with Crippen molar-refractivity contribution in [3.63, 3.8) is 0 Å². The number of rotatable bonds is 3. The van der Waals surface area contributed by atoms with Crippen molar-refractivity contribution in [3.05, 3.63) is 29.3 Å². The SMILES string of the molecule is COCOC(=O)Nc1ccc(Cl)cc1. The second-order valence-electron chi connectivity index (χ2n) is 2.47. The molecule has 1 aromatic rings. The highest BCUT2D eigenvalue weighted by Crippen LogP contribution is 2.13. The Morgan fingerprint density at radius 3 is 2.64 bits per heavy atom. The molecule has 4 nitrogen and oxygen atoms in total. The number of ether oxygens (including phenoxy) is 2. The average Bonchev–Trinajstić information content (AvgIpc) is 2.18. The average molecular weight is 216 g/mol. The van der Waals surface area contributed by atoms with Crippen molar-refractivity contribution in [1.29, 1.82) is 0 Å². The first-order valence-electron chi connectivity index (χ1n) is 3.90. The molecule has 76 valence electrons. The van der Waals surface area contributed by atoms with Gasteiger partial charge in [0.15, 0.2) is 6.79 Å². The number of anilines is 1. The van der Waals surface area contributed by atoms with Gasteiger partial charge in [-0.1, -0.05) is 11.6 Å². The van der Waals surface area contributed by atoms with Gasteiger partial charge in [-0.15, -0.1) is 0 Å². The minimum Gasteiger partial charge on any atom is -0.422 e. The predicted octanol–water partition coefficient (Wildman–Crippen LogP) is 2.49. The molecular weight excluding hydrogens is 206 g/mol. The molecule has 0 fully saturated rings. The Balaban J connectivity index is 2.44. The number of carbonyl (C=O) groups is 1. The lowest BCUT2D eigenvalue weighted by Crippen LogP contribution is -2.14. The fourth-order valence-corrected chi connectivity index (χ4v) is 0.926. The summed E-state index contributed by atoms with van der Waals surface area (Å²) in [5.41, 5.74) is 0.621. The van der Waals surface area contributed by atoms with Crippen LogP contribution in [0.5, 0.6) is 0 Å². The standard InChI is InChI=1S/C9H10ClNO3/c1-13-6-14-9(12)11-8-4-2-7(10)3-5-8/h2-5H,6H2,1H3,(H,11,12). The zero-order valence-corrected chi connectivity index (χ0v) is 8.38. The van der Waals surface area contributed by atoms with Gasteiger partial charge in [-0.05, 0) is 24.3 Å². The first-order valence-corrected chi connectivity index (χ1v) is 4.28. The fourth-order valence-electron chi connectivity index (χ4n) is 0.800. The van der Waals surface area contributed by atoms with Gasteiger partial charge in [0.2, 0.25) is 0 Å². The lowest BCUT2D eigenvalue weighted by atomic mass is 10.3. The van der Waals surface area contributed by atoms with Gasteiger partial charge in [-0.3, -0.25) is 5.32 Å².